The molecule has 2 rings (SSSR count). The molecule has 0 bridgehead atoms. The van der Waals surface area contributed by atoms with Crippen LogP contribution < -0.4 is 5.32 Å². The zero-order valence-corrected chi connectivity index (χ0v) is 13.4. The summed E-state index contributed by atoms with van der Waals surface area (Å²) in [6.45, 7) is 5.51. The topological polar surface area (TPSA) is 30.5 Å². The highest BCUT2D eigenvalue weighted by atomic mass is 16.5. The number of methoxy groups -OCH3 is 1. The second-order valence-corrected chi connectivity index (χ2v) is 6.04. The normalized spacial score (nSPS) is 21.2. The molecular formula is C18H29NO2. The summed E-state index contributed by atoms with van der Waals surface area (Å²) >= 11 is 0. The van der Waals surface area contributed by atoms with Gasteiger partial charge in [0.15, 0.2) is 0 Å². The second-order valence-electron chi connectivity index (χ2n) is 6.04. The van der Waals surface area contributed by atoms with E-state index in [0.29, 0.717) is 19.3 Å². The van der Waals surface area contributed by atoms with Gasteiger partial charge in [-0.25, -0.2) is 0 Å². The SMILES string of the molecule is COCCOCCCCNC1CC(c2ccc(C)cc2)C1. The number of hydrogen-bond acceptors (Lipinski definition) is 3. The van der Waals surface area contributed by atoms with Gasteiger partial charge >= 0.3 is 0 Å². The first kappa shape index (κ1) is 16.5. The fraction of sp³-hybridized carbons (Fsp3) is 0.667. The third-order valence-corrected chi connectivity index (χ3v) is 4.27. The first-order chi connectivity index (χ1) is 10.3. The summed E-state index contributed by atoms with van der Waals surface area (Å²) in [5, 5.41) is 3.65. The molecule has 0 atom stereocenters. The predicted molar refractivity (Wildman–Crippen MR) is 86.9 cm³/mol. The highest BCUT2D eigenvalue weighted by Crippen LogP contribution is 2.36. The summed E-state index contributed by atoms with van der Waals surface area (Å²) in [5.41, 5.74) is 2.85. The van der Waals surface area contributed by atoms with Crippen molar-refractivity contribution in [3.63, 3.8) is 0 Å². The molecule has 0 heterocycles. The summed E-state index contributed by atoms with van der Waals surface area (Å²) < 4.78 is 10.4. The first-order valence-electron chi connectivity index (χ1n) is 8.16. The Bertz CT molecular complexity index is 385. The van der Waals surface area contributed by atoms with Crippen LogP contribution in [0.2, 0.25) is 0 Å². The molecule has 3 heteroatoms. The Labute approximate surface area is 129 Å². The van der Waals surface area contributed by atoms with Crippen LogP contribution in [0.5, 0.6) is 0 Å². The van der Waals surface area contributed by atoms with E-state index in [1.54, 1.807) is 7.11 Å². The van der Waals surface area contributed by atoms with Crippen LogP contribution in [0.1, 0.15) is 42.7 Å². The van der Waals surface area contributed by atoms with Crippen molar-refractivity contribution in [3.05, 3.63) is 35.4 Å². The van der Waals surface area contributed by atoms with Crippen molar-refractivity contribution in [2.45, 2.75) is 44.6 Å². The third kappa shape index (κ3) is 5.77. The van der Waals surface area contributed by atoms with Gasteiger partial charge in [-0.2, -0.15) is 0 Å². The number of unbranched alkanes of at least 4 members (excludes halogenated alkanes) is 1. The monoisotopic (exact) mass is 291 g/mol. The van der Waals surface area contributed by atoms with Crippen molar-refractivity contribution in [2.24, 2.45) is 0 Å². The summed E-state index contributed by atoms with van der Waals surface area (Å²) in [6.07, 6.45) is 4.89. The molecule has 1 aliphatic rings. The standard InChI is InChI=1S/C18H29NO2/c1-15-5-7-16(8-6-15)17-13-18(14-17)19-9-3-4-10-21-12-11-20-2/h5-8,17-19H,3-4,9-14H2,1-2H3. The van der Waals surface area contributed by atoms with Crippen LogP contribution >= 0.6 is 0 Å². The molecule has 3 nitrogen and oxygen atoms in total. The van der Waals surface area contributed by atoms with Gasteiger partial charge in [0.05, 0.1) is 13.2 Å². The molecule has 1 fully saturated rings. The van der Waals surface area contributed by atoms with E-state index in [0.717, 1.165) is 25.5 Å². The molecule has 0 radical (unpaired) electrons. The highest BCUT2D eigenvalue weighted by Gasteiger charge is 2.29. The van der Waals surface area contributed by atoms with E-state index in [4.69, 9.17) is 9.47 Å². The summed E-state index contributed by atoms with van der Waals surface area (Å²) in [5.74, 6) is 0.764. The number of nitrogens with one attached hydrogen (secondary N) is 1. The molecule has 0 spiro atoms. The molecular weight excluding hydrogens is 262 g/mol. The number of hydrogen-bond donors (Lipinski definition) is 1. The molecule has 1 aromatic rings. The number of ether oxygens (including phenoxy) is 2. The van der Waals surface area contributed by atoms with E-state index in [1.807, 2.05) is 0 Å². The fourth-order valence-electron chi connectivity index (χ4n) is 2.77. The Morgan fingerprint density at radius 3 is 2.52 bits per heavy atom. The van der Waals surface area contributed by atoms with Crippen LogP contribution in [0.3, 0.4) is 0 Å². The van der Waals surface area contributed by atoms with Crippen LogP contribution in [0.15, 0.2) is 24.3 Å². The lowest BCUT2D eigenvalue weighted by Crippen LogP contribution is -2.40. The van der Waals surface area contributed by atoms with Gasteiger partial charge in [0.25, 0.3) is 0 Å². The maximum atomic E-state index is 5.45. The van der Waals surface area contributed by atoms with Gasteiger partial charge in [0, 0.05) is 19.8 Å². The molecule has 21 heavy (non-hydrogen) atoms. The van der Waals surface area contributed by atoms with Crippen LogP contribution in [-0.4, -0.2) is 39.5 Å². The molecule has 0 amide bonds. The zero-order valence-electron chi connectivity index (χ0n) is 13.4. The summed E-state index contributed by atoms with van der Waals surface area (Å²) in [7, 11) is 1.70. The Morgan fingerprint density at radius 2 is 1.81 bits per heavy atom. The lowest BCUT2D eigenvalue weighted by Gasteiger charge is -2.36. The third-order valence-electron chi connectivity index (χ3n) is 4.27. The maximum Gasteiger partial charge on any atom is 0.0700 e. The average molecular weight is 291 g/mol. The summed E-state index contributed by atoms with van der Waals surface area (Å²) in [4.78, 5) is 0. The van der Waals surface area contributed by atoms with Gasteiger partial charge in [-0.05, 0) is 50.6 Å². The maximum absolute atomic E-state index is 5.45. The predicted octanol–water partition coefficient (Wildman–Crippen LogP) is 3.27. The second kappa shape index (κ2) is 9.19. The molecule has 1 saturated carbocycles. The van der Waals surface area contributed by atoms with Gasteiger partial charge in [0.1, 0.15) is 0 Å². The first-order valence-corrected chi connectivity index (χ1v) is 8.16. The van der Waals surface area contributed by atoms with Crippen molar-refractivity contribution in [3.8, 4) is 0 Å². The minimum atomic E-state index is 0.695. The van der Waals surface area contributed by atoms with Crippen molar-refractivity contribution >= 4 is 0 Å². The quantitative estimate of drug-likeness (QED) is 0.671. The number of benzene rings is 1. The van der Waals surface area contributed by atoms with Crippen molar-refractivity contribution in [1.82, 2.24) is 5.32 Å². The van der Waals surface area contributed by atoms with E-state index in [-0.39, 0.29) is 0 Å². The Balaban J connectivity index is 1.46. The minimum Gasteiger partial charge on any atom is -0.382 e. The Hall–Kier alpha value is -0.900. The molecule has 1 aromatic carbocycles. The van der Waals surface area contributed by atoms with Crippen molar-refractivity contribution < 1.29 is 9.47 Å². The average Bonchev–Trinajstić information content (AvgIpc) is 2.45. The van der Waals surface area contributed by atoms with Crippen molar-refractivity contribution in [2.75, 3.05) is 33.5 Å². The van der Waals surface area contributed by atoms with E-state index in [1.165, 1.54) is 30.4 Å². The lowest BCUT2D eigenvalue weighted by atomic mass is 9.76. The molecule has 1 N–H and O–H groups in total. The number of rotatable bonds is 10. The Morgan fingerprint density at radius 1 is 1.05 bits per heavy atom. The van der Waals surface area contributed by atoms with Crippen LogP contribution in [0.4, 0.5) is 0 Å². The van der Waals surface area contributed by atoms with Crippen LogP contribution in [0, 0.1) is 6.92 Å². The minimum absolute atomic E-state index is 0.695. The zero-order chi connectivity index (χ0) is 14.9. The van der Waals surface area contributed by atoms with Gasteiger partial charge in [-0.3, -0.25) is 0 Å². The summed E-state index contributed by atoms with van der Waals surface area (Å²) in [6, 6.07) is 9.73. The van der Waals surface area contributed by atoms with Crippen molar-refractivity contribution in [1.29, 1.82) is 0 Å². The number of aryl methyl sites for hydroxylation is 1. The van der Waals surface area contributed by atoms with E-state index in [9.17, 15) is 0 Å². The molecule has 0 aliphatic heterocycles. The van der Waals surface area contributed by atoms with Crippen LogP contribution in [0.25, 0.3) is 0 Å². The lowest BCUT2D eigenvalue weighted by molar-refractivity contribution is 0.0686. The van der Waals surface area contributed by atoms with Crippen LogP contribution in [-0.2, 0) is 9.47 Å². The van der Waals surface area contributed by atoms with E-state index < -0.39 is 0 Å². The Kier molecular flexibility index (Phi) is 7.20. The molecule has 0 unspecified atom stereocenters. The smallest absolute Gasteiger partial charge is 0.0700 e. The molecule has 0 aromatic heterocycles. The highest BCUT2D eigenvalue weighted by molar-refractivity contribution is 5.26. The molecule has 1 aliphatic carbocycles. The van der Waals surface area contributed by atoms with Gasteiger partial charge in [-0.1, -0.05) is 29.8 Å². The molecule has 0 saturated heterocycles. The van der Waals surface area contributed by atoms with Gasteiger partial charge in [0.2, 0.25) is 0 Å². The van der Waals surface area contributed by atoms with Gasteiger partial charge in [-0.15, -0.1) is 0 Å². The van der Waals surface area contributed by atoms with E-state index >= 15 is 0 Å². The largest absolute Gasteiger partial charge is 0.382 e. The van der Waals surface area contributed by atoms with E-state index in [2.05, 4.69) is 36.5 Å². The fourth-order valence-corrected chi connectivity index (χ4v) is 2.77. The van der Waals surface area contributed by atoms with Gasteiger partial charge < -0.3 is 14.8 Å². The molecule has 118 valence electrons.